The number of nitrogens with zero attached hydrogens (tertiary/aromatic N) is 2. The zero-order valence-corrected chi connectivity index (χ0v) is 27.4. The van der Waals surface area contributed by atoms with Gasteiger partial charge in [-0.25, -0.2) is 14.8 Å². The SMILES string of the molecule is COC(=O)c1coc(-c2nc3oc2C24c5ccccc5NC2Oc2ccc(cc24)CC(NC(=O)C(O)C(C)C)C(=O)NC3C(C)(C)C)n1. The summed E-state index contributed by atoms with van der Waals surface area (Å²) in [5.41, 5.74) is 1.57. The topological polar surface area (TPSA) is 178 Å². The molecule has 3 aliphatic heterocycles. The highest BCUT2D eigenvalue weighted by molar-refractivity contribution is 5.90. The van der Waals surface area contributed by atoms with Crippen molar-refractivity contribution in [3.8, 4) is 17.3 Å². The van der Waals surface area contributed by atoms with Crippen molar-refractivity contribution >= 4 is 23.5 Å². The molecule has 0 radical (unpaired) electrons. The highest BCUT2D eigenvalue weighted by Crippen LogP contribution is 2.59. The number of para-hydroxylation sites is 1. The van der Waals surface area contributed by atoms with Crippen molar-refractivity contribution in [1.82, 2.24) is 20.6 Å². The molecule has 0 aliphatic carbocycles. The zero-order chi connectivity index (χ0) is 34.1. The van der Waals surface area contributed by atoms with Crippen molar-refractivity contribution in [2.24, 2.45) is 11.3 Å². The highest BCUT2D eigenvalue weighted by Gasteiger charge is 2.61. The number of esters is 1. The maximum Gasteiger partial charge on any atom is 0.360 e. The van der Waals surface area contributed by atoms with E-state index in [4.69, 9.17) is 23.3 Å². The first-order chi connectivity index (χ1) is 22.8. The Hall–Kier alpha value is -5.17. The number of hydrogen-bond acceptors (Lipinski definition) is 11. The average Bonchev–Trinajstić information content (AvgIpc) is 3.82. The summed E-state index contributed by atoms with van der Waals surface area (Å²) in [6.45, 7) is 9.24. The molecular formula is C35H37N5O8. The minimum absolute atomic E-state index is 0.0178. The lowest BCUT2D eigenvalue weighted by Crippen LogP contribution is -2.53. The van der Waals surface area contributed by atoms with Gasteiger partial charge in [-0.2, -0.15) is 0 Å². The number of oxazole rings is 2. The molecule has 2 amide bonds. The minimum Gasteiger partial charge on any atom is -0.469 e. The predicted molar refractivity (Wildman–Crippen MR) is 171 cm³/mol. The molecule has 4 bridgehead atoms. The molecule has 3 aliphatic rings. The molecular weight excluding hydrogens is 618 g/mol. The van der Waals surface area contributed by atoms with Crippen LogP contribution in [0.5, 0.6) is 5.75 Å². The zero-order valence-electron chi connectivity index (χ0n) is 27.4. The number of carbonyl (C=O) groups is 3. The summed E-state index contributed by atoms with van der Waals surface area (Å²) in [5.74, 6) is -1.06. The first-order valence-corrected chi connectivity index (χ1v) is 15.8. The van der Waals surface area contributed by atoms with E-state index in [0.717, 1.165) is 22.4 Å². The molecule has 250 valence electrons. The van der Waals surface area contributed by atoms with Crippen molar-refractivity contribution in [3.63, 3.8) is 0 Å². The average molecular weight is 656 g/mol. The fourth-order valence-electron chi connectivity index (χ4n) is 6.70. The number of anilines is 1. The molecule has 5 atom stereocenters. The molecule has 13 nitrogen and oxygen atoms in total. The number of aromatic nitrogens is 2. The largest absolute Gasteiger partial charge is 0.469 e. The summed E-state index contributed by atoms with van der Waals surface area (Å²) in [4.78, 5) is 48.9. The van der Waals surface area contributed by atoms with Crippen molar-refractivity contribution in [2.75, 3.05) is 12.4 Å². The number of aliphatic hydroxyl groups excluding tert-OH is 1. The van der Waals surface area contributed by atoms with E-state index in [1.54, 1.807) is 13.8 Å². The molecule has 48 heavy (non-hydrogen) atoms. The van der Waals surface area contributed by atoms with Gasteiger partial charge in [-0.3, -0.25) is 9.59 Å². The van der Waals surface area contributed by atoms with Crippen LogP contribution in [0.15, 0.2) is 57.6 Å². The van der Waals surface area contributed by atoms with Crippen LogP contribution in [0.2, 0.25) is 0 Å². The van der Waals surface area contributed by atoms with Crippen LogP contribution in [0.4, 0.5) is 5.69 Å². The van der Waals surface area contributed by atoms with Gasteiger partial charge in [0.05, 0.1) is 7.11 Å². The predicted octanol–water partition coefficient (Wildman–Crippen LogP) is 3.86. The Morgan fingerprint density at radius 1 is 1.10 bits per heavy atom. The minimum atomic E-state index is -1.30. The molecule has 1 spiro atoms. The molecule has 2 aromatic heterocycles. The van der Waals surface area contributed by atoms with Crippen LogP contribution in [0, 0.1) is 11.3 Å². The normalized spacial score (nSPS) is 23.1. The third kappa shape index (κ3) is 4.83. The third-order valence-electron chi connectivity index (χ3n) is 9.22. The molecule has 5 heterocycles. The van der Waals surface area contributed by atoms with Crippen molar-refractivity contribution < 1.29 is 37.8 Å². The van der Waals surface area contributed by atoms with Crippen LogP contribution in [-0.4, -0.2) is 58.3 Å². The smallest absolute Gasteiger partial charge is 0.360 e. The van der Waals surface area contributed by atoms with Gasteiger partial charge in [0.1, 0.15) is 35.6 Å². The molecule has 4 aromatic rings. The van der Waals surface area contributed by atoms with Crippen LogP contribution in [0.3, 0.4) is 0 Å². The number of hydrogen-bond donors (Lipinski definition) is 4. The lowest BCUT2D eigenvalue weighted by atomic mass is 9.72. The second kappa shape index (κ2) is 11.2. The van der Waals surface area contributed by atoms with E-state index in [1.165, 1.54) is 13.4 Å². The van der Waals surface area contributed by atoms with Gasteiger partial charge in [0.15, 0.2) is 23.4 Å². The Balaban J connectivity index is 1.49. The summed E-state index contributed by atoms with van der Waals surface area (Å²) in [5, 5.41) is 19.9. The first-order valence-electron chi connectivity index (χ1n) is 15.8. The van der Waals surface area contributed by atoms with Crippen LogP contribution in [0.25, 0.3) is 11.6 Å². The van der Waals surface area contributed by atoms with Gasteiger partial charge in [0.2, 0.25) is 23.6 Å². The lowest BCUT2D eigenvalue weighted by molar-refractivity contribution is -0.136. The van der Waals surface area contributed by atoms with Gasteiger partial charge in [-0.1, -0.05) is 65.0 Å². The fraction of sp³-hybridized carbons (Fsp3) is 0.400. The van der Waals surface area contributed by atoms with Gasteiger partial charge >= 0.3 is 5.97 Å². The maximum absolute atomic E-state index is 14.1. The number of carbonyl (C=O) groups excluding carboxylic acids is 3. The summed E-state index contributed by atoms with van der Waals surface area (Å²) in [7, 11) is 1.25. The van der Waals surface area contributed by atoms with Crippen LogP contribution >= 0.6 is 0 Å². The Bertz CT molecular complexity index is 1940. The molecule has 0 saturated heterocycles. The van der Waals surface area contributed by atoms with Crippen molar-refractivity contribution in [1.29, 1.82) is 0 Å². The fourth-order valence-corrected chi connectivity index (χ4v) is 6.70. The number of methoxy groups -OCH3 is 1. The highest BCUT2D eigenvalue weighted by atomic mass is 16.5. The van der Waals surface area contributed by atoms with E-state index >= 15 is 0 Å². The molecule has 2 aromatic carbocycles. The Kier molecular flexibility index (Phi) is 7.35. The van der Waals surface area contributed by atoms with E-state index in [-0.39, 0.29) is 35.5 Å². The number of benzene rings is 2. The number of rotatable bonds is 5. The standard InChI is InChI=1S/C35H37N5O8/c1-16(2)25(41)29(43)36-21-14-17-11-12-23-19(13-17)35(18-9-7-8-10-20(18)38-33(35)47-23)27-24(30-37-22(15-46-30)32(44)45-6)39-31(48-27)26(34(3,4)5)40-28(21)42/h7-13,15-16,21,25-26,33,38,41H,14H2,1-6H3,(H,36,43)(H,40,42). The van der Waals surface area contributed by atoms with Crippen LogP contribution in [0.1, 0.15) is 79.5 Å². The van der Waals surface area contributed by atoms with E-state index in [0.29, 0.717) is 11.5 Å². The number of ether oxygens (including phenoxy) is 2. The molecule has 13 heteroatoms. The summed E-state index contributed by atoms with van der Waals surface area (Å²) in [6, 6.07) is 11.6. The molecule has 0 fully saturated rings. The Labute approximate surface area is 276 Å². The quantitative estimate of drug-likeness (QED) is 0.230. The van der Waals surface area contributed by atoms with Gasteiger partial charge in [-0.05, 0) is 34.6 Å². The summed E-state index contributed by atoms with van der Waals surface area (Å²) >= 11 is 0. The van der Waals surface area contributed by atoms with Gasteiger partial charge in [0, 0.05) is 17.7 Å². The number of nitrogens with one attached hydrogen (secondary N) is 3. The number of amides is 2. The number of fused-ring (bicyclic) bond motifs is 4. The Morgan fingerprint density at radius 2 is 1.88 bits per heavy atom. The molecule has 4 N–H and O–H groups in total. The molecule has 5 unspecified atom stereocenters. The van der Waals surface area contributed by atoms with Gasteiger partial charge < -0.3 is 39.4 Å². The van der Waals surface area contributed by atoms with Crippen molar-refractivity contribution in [2.45, 2.75) is 70.9 Å². The van der Waals surface area contributed by atoms with E-state index in [9.17, 15) is 19.5 Å². The van der Waals surface area contributed by atoms with E-state index in [2.05, 4.69) is 20.9 Å². The first kappa shape index (κ1) is 31.4. The summed E-state index contributed by atoms with van der Waals surface area (Å²) in [6.07, 6.45) is -0.646. The van der Waals surface area contributed by atoms with Gasteiger partial charge in [0.25, 0.3) is 0 Å². The van der Waals surface area contributed by atoms with Crippen molar-refractivity contribution in [3.05, 3.63) is 82.8 Å². The second-order valence-corrected chi connectivity index (χ2v) is 13.8. The second-order valence-electron chi connectivity index (χ2n) is 13.8. The molecule has 7 rings (SSSR count). The Morgan fingerprint density at radius 3 is 2.60 bits per heavy atom. The van der Waals surface area contributed by atoms with E-state index < -0.39 is 53.0 Å². The van der Waals surface area contributed by atoms with Crippen LogP contribution < -0.4 is 20.7 Å². The lowest BCUT2D eigenvalue weighted by Gasteiger charge is -2.32. The third-order valence-corrected chi connectivity index (χ3v) is 9.22. The monoisotopic (exact) mass is 655 g/mol. The molecule has 0 saturated carbocycles. The maximum atomic E-state index is 14.1. The number of aliphatic hydroxyl groups is 1. The van der Waals surface area contributed by atoms with E-state index in [1.807, 2.05) is 63.2 Å². The summed E-state index contributed by atoms with van der Waals surface area (Å²) < 4.78 is 24.1. The van der Waals surface area contributed by atoms with Crippen LogP contribution in [-0.2, 0) is 26.2 Å². The van der Waals surface area contributed by atoms with Gasteiger partial charge in [-0.15, -0.1) is 0 Å².